The number of hydrogen-bond donors (Lipinski definition) is 0. The van der Waals surface area contributed by atoms with Crippen molar-refractivity contribution in [3.8, 4) is 10.0 Å². The molecule has 1 aliphatic rings. The van der Waals surface area contributed by atoms with Crippen LogP contribution in [-0.2, 0) is 19.3 Å². The van der Waals surface area contributed by atoms with E-state index in [0.29, 0.717) is 14.5 Å². The van der Waals surface area contributed by atoms with Gasteiger partial charge in [-0.1, -0.05) is 6.92 Å². The minimum atomic E-state index is 0.488. The van der Waals surface area contributed by atoms with Gasteiger partial charge in [-0.25, -0.2) is 0 Å². The van der Waals surface area contributed by atoms with Crippen LogP contribution in [0.4, 0.5) is 0 Å². The van der Waals surface area contributed by atoms with Crippen LogP contribution in [0, 0.1) is 6.92 Å². The van der Waals surface area contributed by atoms with Crippen molar-refractivity contribution < 1.29 is 0 Å². The molecule has 0 saturated heterocycles. The molecule has 0 bridgehead atoms. The van der Waals surface area contributed by atoms with E-state index in [1.165, 1.54) is 102 Å². The molecular weight excluding hydrogens is 463 g/mol. The van der Waals surface area contributed by atoms with Gasteiger partial charge in [0, 0.05) is 0 Å². The Morgan fingerprint density at radius 1 is 0.697 bits per heavy atom. The van der Waals surface area contributed by atoms with Gasteiger partial charge in [0.2, 0.25) is 0 Å². The van der Waals surface area contributed by atoms with E-state index in [1.54, 1.807) is 41.9 Å². The molecule has 0 amide bonds. The van der Waals surface area contributed by atoms with E-state index in [1.807, 2.05) is 0 Å². The summed E-state index contributed by atoms with van der Waals surface area (Å²) >= 11 is 0.488. The molecule has 0 fully saturated rings. The molecule has 2 aromatic carbocycles. The average molecular weight is 508 g/mol. The van der Waals surface area contributed by atoms with Crippen molar-refractivity contribution in [3.63, 3.8) is 0 Å². The maximum absolute atomic E-state index is 2.65. The summed E-state index contributed by atoms with van der Waals surface area (Å²) in [6, 6.07) is 12.4. The van der Waals surface area contributed by atoms with Gasteiger partial charge in [0.25, 0.3) is 0 Å². The summed E-state index contributed by atoms with van der Waals surface area (Å²) in [5, 5.41) is 1.57. The van der Waals surface area contributed by atoms with Gasteiger partial charge in [0.15, 0.2) is 0 Å². The van der Waals surface area contributed by atoms with Gasteiger partial charge in [-0.05, 0) is 0 Å². The van der Waals surface area contributed by atoms with Crippen LogP contribution in [0.3, 0.4) is 0 Å². The first-order valence-electron chi connectivity index (χ1n) is 13.9. The van der Waals surface area contributed by atoms with Crippen molar-refractivity contribution in [3.05, 3.63) is 58.1 Å². The molecule has 1 heteroatoms. The van der Waals surface area contributed by atoms with E-state index >= 15 is 0 Å². The number of benzene rings is 2. The summed E-state index contributed by atoms with van der Waals surface area (Å²) in [6.07, 6.45) is 20.4. The minimum absolute atomic E-state index is 0.488. The third-order valence-electron chi connectivity index (χ3n) is 7.58. The van der Waals surface area contributed by atoms with E-state index in [9.17, 15) is 0 Å². The molecule has 0 saturated carbocycles. The summed E-state index contributed by atoms with van der Waals surface area (Å²) in [5.74, 6) is 0. The Hall–Kier alpha value is -1.30. The second-order valence-electron chi connectivity index (χ2n) is 10.4. The molecule has 0 aliphatic heterocycles. The fourth-order valence-corrected chi connectivity index (χ4v) is 8.23. The van der Waals surface area contributed by atoms with Crippen LogP contribution in [0.15, 0.2) is 30.3 Å². The maximum atomic E-state index is 2.65. The number of aryl methyl sites for hydroxylation is 3. The van der Waals surface area contributed by atoms with Crippen LogP contribution in [0.2, 0.25) is 0 Å². The molecule has 0 N–H and O–H groups in total. The first-order chi connectivity index (χ1) is 16.2. The van der Waals surface area contributed by atoms with Crippen LogP contribution in [0.1, 0.15) is 119 Å². The average Bonchev–Trinajstić information content (AvgIpc) is 3.34. The second kappa shape index (κ2) is 12.4. The first-order valence-corrected chi connectivity index (χ1v) is 15.6. The zero-order valence-electron chi connectivity index (χ0n) is 21.4. The monoisotopic (exact) mass is 508 g/mol. The molecule has 4 rings (SSSR count). The molecule has 0 unspecified atom stereocenters. The standard InChI is InChI=1S/C32H44Se/c1-4-6-8-10-12-14-16-25-21-27-23-30-29-20-24(3)18-19-31(29)33-32(30)28(27)22-26(25)17-15-13-11-9-7-5-2/h18-22H,4-17,23H2,1-3H3. The molecule has 0 atom stereocenters. The summed E-state index contributed by atoms with van der Waals surface area (Å²) < 4.78 is 3.31. The van der Waals surface area contributed by atoms with Crippen molar-refractivity contribution in [2.24, 2.45) is 0 Å². The van der Waals surface area contributed by atoms with Crippen molar-refractivity contribution in [1.82, 2.24) is 0 Å². The molecule has 3 aromatic rings. The van der Waals surface area contributed by atoms with Crippen molar-refractivity contribution >= 4 is 24.1 Å². The van der Waals surface area contributed by atoms with Crippen molar-refractivity contribution in [2.45, 2.75) is 117 Å². The van der Waals surface area contributed by atoms with E-state index in [-0.39, 0.29) is 0 Å². The predicted molar refractivity (Wildman–Crippen MR) is 148 cm³/mol. The topological polar surface area (TPSA) is 0 Å². The number of unbranched alkanes of at least 4 members (excludes halogenated alkanes) is 10. The van der Waals surface area contributed by atoms with Gasteiger partial charge < -0.3 is 0 Å². The van der Waals surface area contributed by atoms with Crippen molar-refractivity contribution in [2.75, 3.05) is 0 Å². The van der Waals surface area contributed by atoms with Gasteiger partial charge in [0.1, 0.15) is 0 Å². The normalized spacial score (nSPS) is 12.5. The summed E-state index contributed by atoms with van der Waals surface area (Å²) in [4.78, 5) is 0. The number of fused-ring (bicyclic) bond motifs is 5. The molecular formula is C32H44Se. The molecule has 178 valence electrons. The Bertz CT molecular complexity index is 1040. The molecule has 0 radical (unpaired) electrons. The van der Waals surface area contributed by atoms with Crippen LogP contribution in [0.5, 0.6) is 0 Å². The summed E-state index contributed by atoms with van der Waals surface area (Å²) in [7, 11) is 0. The number of rotatable bonds is 14. The number of hydrogen-bond acceptors (Lipinski definition) is 0. The van der Waals surface area contributed by atoms with Gasteiger partial charge in [-0.2, -0.15) is 0 Å². The van der Waals surface area contributed by atoms with E-state index < -0.39 is 0 Å². The van der Waals surface area contributed by atoms with Crippen molar-refractivity contribution in [1.29, 1.82) is 0 Å². The van der Waals surface area contributed by atoms with E-state index in [4.69, 9.17) is 0 Å². The Morgan fingerprint density at radius 2 is 1.30 bits per heavy atom. The zero-order chi connectivity index (χ0) is 23.0. The summed E-state index contributed by atoms with van der Waals surface area (Å²) in [5.41, 5.74) is 9.66. The zero-order valence-corrected chi connectivity index (χ0v) is 23.1. The predicted octanol–water partition coefficient (Wildman–Crippen LogP) is 9.58. The quantitative estimate of drug-likeness (QED) is 0.118. The summed E-state index contributed by atoms with van der Waals surface area (Å²) in [6.45, 7) is 6.86. The van der Waals surface area contributed by atoms with E-state index in [0.717, 1.165) is 0 Å². The third kappa shape index (κ3) is 6.23. The Labute approximate surface area is 208 Å². The molecule has 1 aromatic heterocycles. The Kier molecular flexibility index (Phi) is 9.34. The van der Waals surface area contributed by atoms with Crippen LogP contribution < -0.4 is 0 Å². The molecule has 33 heavy (non-hydrogen) atoms. The van der Waals surface area contributed by atoms with Crippen LogP contribution >= 0.6 is 0 Å². The van der Waals surface area contributed by atoms with Gasteiger partial charge in [-0.3, -0.25) is 0 Å². The van der Waals surface area contributed by atoms with Gasteiger partial charge in [-0.15, -0.1) is 0 Å². The van der Waals surface area contributed by atoms with Gasteiger partial charge >= 0.3 is 202 Å². The fraction of sp³-hybridized carbons (Fsp3) is 0.562. The Balaban J connectivity index is 1.51. The second-order valence-corrected chi connectivity index (χ2v) is 12.6. The molecule has 1 heterocycles. The Morgan fingerprint density at radius 3 is 1.97 bits per heavy atom. The SMILES string of the molecule is CCCCCCCCc1cc2c(cc1CCCCCCCC)-c1[se]c3ccc(C)cc3c1C2. The van der Waals surface area contributed by atoms with Gasteiger partial charge in [0.05, 0.1) is 0 Å². The third-order valence-corrected chi connectivity index (χ3v) is 10.2. The van der Waals surface area contributed by atoms with E-state index in [2.05, 4.69) is 51.1 Å². The van der Waals surface area contributed by atoms with Crippen LogP contribution in [0.25, 0.3) is 19.6 Å². The first kappa shape index (κ1) is 24.8. The molecule has 0 spiro atoms. The van der Waals surface area contributed by atoms with Crippen LogP contribution in [-0.4, -0.2) is 14.5 Å². The fourth-order valence-electron chi connectivity index (χ4n) is 5.60. The molecule has 0 nitrogen and oxygen atoms in total. The molecule has 1 aliphatic carbocycles.